The third kappa shape index (κ3) is 4.22. The number of benzene rings is 2. The van der Waals surface area contributed by atoms with Gasteiger partial charge in [0.1, 0.15) is 17.5 Å². The van der Waals surface area contributed by atoms with Crippen LogP contribution in [0.5, 0.6) is 11.5 Å². The number of carboxylic acids is 1. The summed E-state index contributed by atoms with van der Waals surface area (Å²) in [4.78, 5) is 14.0. The maximum Gasteiger partial charge on any atom is 0.320 e. The number of methoxy groups -OCH3 is 2. The van der Waals surface area contributed by atoms with E-state index in [4.69, 9.17) is 32.7 Å². The molecule has 2 unspecified atom stereocenters. The number of aliphatic carboxylic acids is 1. The van der Waals surface area contributed by atoms with E-state index in [1.54, 1.807) is 26.4 Å². The number of carbonyl (C=O) groups is 1. The predicted molar refractivity (Wildman–Crippen MR) is 110 cm³/mol. The number of likely N-dealkylation sites (tertiary alicyclic amines) is 1. The molecule has 1 fully saturated rings. The van der Waals surface area contributed by atoms with Gasteiger partial charge >= 0.3 is 5.97 Å². The minimum atomic E-state index is -0.836. The maximum atomic E-state index is 12.0. The molecular weight excluding hydrogens is 401 g/mol. The Morgan fingerprint density at radius 3 is 2.54 bits per heavy atom. The molecule has 150 valence electrons. The summed E-state index contributed by atoms with van der Waals surface area (Å²) in [6.07, 6.45) is 2.38. The molecule has 3 rings (SSSR count). The van der Waals surface area contributed by atoms with Gasteiger partial charge in [0, 0.05) is 15.6 Å². The van der Waals surface area contributed by atoms with Gasteiger partial charge in [0.15, 0.2) is 0 Å². The average Bonchev–Trinajstić information content (AvgIpc) is 2.70. The molecule has 2 aromatic carbocycles. The molecule has 1 saturated heterocycles. The Labute approximate surface area is 174 Å². The summed E-state index contributed by atoms with van der Waals surface area (Å²) in [6.45, 7) is 0.640. The van der Waals surface area contributed by atoms with Gasteiger partial charge in [0.2, 0.25) is 0 Å². The summed E-state index contributed by atoms with van der Waals surface area (Å²) >= 11 is 12.7. The molecule has 0 saturated carbocycles. The normalized spacial score (nSPS) is 18.5. The average molecular weight is 424 g/mol. The van der Waals surface area contributed by atoms with Crippen LogP contribution in [-0.2, 0) is 4.79 Å². The minimum Gasteiger partial charge on any atom is -0.497 e. The van der Waals surface area contributed by atoms with Gasteiger partial charge in [-0.1, -0.05) is 35.7 Å². The number of rotatable bonds is 6. The smallest absolute Gasteiger partial charge is 0.320 e. The Kier molecular flexibility index (Phi) is 6.70. The first kappa shape index (κ1) is 20.8. The summed E-state index contributed by atoms with van der Waals surface area (Å²) in [5, 5.41) is 10.9. The zero-order valence-electron chi connectivity index (χ0n) is 15.8. The Bertz CT molecular complexity index is 858. The fourth-order valence-corrected chi connectivity index (χ4v) is 4.34. The number of nitrogens with zero attached hydrogens (tertiary/aromatic N) is 1. The summed E-state index contributed by atoms with van der Waals surface area (Å²) < 4.78 is 11.0. The summed E-state index contributed by atoms with van der Waals surface area (Å²) in [5.41, 5.74) is 1.59. The number of hydrogen-bond acceptors (Lipinski definition) is 4. The summed E-state index contributed by atoms with van der Waals surface area (Å²) in [5.74, 6) is 0.470. The first-order chi connectivity index (χ1) is 13.5. The molecule has 1 aliphatic rings. The van der Waals surface area contributed by atoms with Crippen LogP contribution in [0.1, 0.15) is 36.4 Å². The molecule has 0 amide bonds. The molecule has 1 N–H and O–H groups in total. The van der Waals surface area contributed by atoms with Crippen LogP contribution in [0.3, 0.4) is 0 Å². The van der Waals surface area contributed by atoms with E-state index in [0.29, 0.717) is 34.5 Å². The second kappa shape index (κ2) is 9.03. The zero-order valence-corrected chi connectivity index (χ0v) is 17.3. The van der Waals surface area contributed by atoms with Crippen LogP contribution in [0, 0.1) is 0 Å². The van der Waals surface area contributed by atoms with Crippen LogP contribution < -0.4 is 9.47 Å². The van der Waals surface area contributed by atoms with E-state index in [1.807, 2.05) is 29.2 Å². The van der Waals surface area contributed by atoms with Gasteiger partial charge in [-0.15, -0.1) is 0 Å². The molecule has 1 heterocycles. The largest absolute Gasteiger partial charge is 0.497 e. The molecule has 2 aromatic rings. The van der Waals surface area contributed by atoms with Gasteiger partial charge in [0.05, 0.1) is 20.3 Å². The predicted octanol–water partition coefficient (Wildman–Crippen LogP) is 5.04. The van der Waals surface area contributed by atoms with E-state index < -0.39 is 18.1 Å². The lowest BCUT2D eigenvalue weighted by molar-refractivity contribution is -0.145. The Hall–Kier alpha value is -1.95. The molecule has 2 atom stereocenters. The maximum absolute atomic E-state index is 12.0. The second-order valence-electron chi connectivity index (χ2n) is 6.76. The van der Waals surface area contributed by atoms with Gasteiger partial charge in [-0.2, -0.15) is 0 Å². The molecular formula is C21H23Cl2NO4. The van der Waals surface area contributed by atoms with Crippen LogP contribution in [-0.4, -0.2) is 42.8 Å². The first-order valence-corrected chi connectivity index (χ1v) is 9.87. The first-order valence-electron chi connectivity index (χ1n) is 9.11. The van der Waals surface area contributed by atoms with E-state index >= 15 is 0 Å². The quantitative estimate of drug-likeness (QED) is 0.704. The lowest BCUT2D eigenvalue weighted by atomic mass is 9.91. The van der Waals surface area contributed by atoms with E-state index in [-0.39, 0.29) is 0 Å². The van der Waals surface area contributed by atoms with Gasteiger partial charge in [-0.3, -0.25) is 9.69 Å². The van der Waals surface area contributed by atoms with Crippen molar-refractivity contribution in [3.63, 3.8) is 0 Å². The third-order valence-electron chi connectivity index (χ3n) is 5.15. The lowest BCUT2D eigenvalue weighted by Gasteiger charge is -2.40. The fraction of sp³-hybridized carbons (Fsp3) is 0.381. The van der Waals surface area contributed by atoms with Crippen molar-refractivity contribution < 1.29 is 19.4 Å². The van der Waals surface area contributed by atoms with Crippen LogP contribution in [0.2, 0.25) is 10.0 Å². The van der Waals surface area contributed by atoms with E-state index in [9.17, 15) is 9.90 Å². The van der Waals surface area contributed by atoms with Gasteiger partial charge in [0.25, 0.3) is 0 Å². The molecule has 0 bridgehead atoms. The number of halogens is 2. The molecule has 7 heteroatoms. The van der Waals surface area contributed by atoms with Crippen molar-refractivity contribution in [1.82, 2.24) is 4.90 Å². The second-order valence-corrected chi connectivity index (χ2v) is 7.61. The highest BCUT2D eigenvalue weighted by Gasteiger charge is 2.37. The SMILES string of the molecule is COc1ccc(OC)c(C(c2ccc(Cl)cc2Cl)N2CCCCC2C(=O)O)c1. The minimum absolute atomic E-state index is 0.406. The van der Waals surface area contributed by atoms with Crippen LogP contribution >= 0.6 is 23.2 Å². The van der Waals surface area contributed by atoms with Crippen LogP contribution in [0.4, 0.5) is 0 Å². The van der Waals surface area contributed by atoms with Crippen LogP contribution in [0.25, 0.3) is 0 Å². The Morgan fingerprint density at radius 2 is 1.89 bits per heavy atom. The number of ether oxygens (including phenoxy) is 2. The molecule has 0 aromatic heterocycles. The fourth-order valence-electron chi connectivity index (χ4n) is 3.83. The van der Waals surface area contributed by atoms with Gasteiger partial charge < -0.3 is 14.6 Å². The molecule has 28 heavy (non-hydrogen) atoms. The van der Waals surface area contributed by atoms with Crippen LogP contribution in [0.15, 0.2) is 36.4 Å². The highest BCUT2D eigenvalue weighted by molar-refractivity contribution is 6.35. The molecule has 5 nitrogen and oxygen atoms in total. The van der Waals surface area contributed by atoms with Gasteiger partial charge in [-0.25, -0.2) is 0 Å². The van der Waals surface area contributed by atoms with Gasteiger partial charge in [-0.05, 0) is 55.3 Å². The third-order valence-corrected chi connectivity index (χ3v) is 5.71. The van der Waals surface area contributed by atoms with Crippen molar-refractivity contribution >= 4 is 29.2 Å². The Balaban J connectivity index is 2.21. The number of hydrogen-bond donors (Lipinski definition) is 1. The number of carboxylic acid groups (broad SMARTS) is 1. The van der Waals surface area contributed by atoms with E-state index in [1.165, 1.54) is 0 Å². The standard InChI is InChI=1S/C21H23Cl2NO4/c1-27-14-7-9-19(28-2)16(12-14)20(15-8-6-13(22)11-17(15)23)24-10-4-3-5-18(24)21(25)26/h6-9,11-12,18,20H,3-5,10H2,1-2H3,(H,25,26). The highest BCUT2D eigenvalue weighted by Crippen LogP contribution is 2.42. The lowest BCUT2D eigenvalue weighted by Crippen LogP contribution is -2.47. The van der Waals surface area contributed by atoms with Crippen molar-refractivity contribution in [2.45, 2.75) is 31.3 Å². The number of piperidine rings is 1. The Morgan fingerprint density at radius 1 is 1.11 bits per heavy atom. The molecule has 0 radical (unpaired) electrons. The van der Waals surface area contributed by atoms with Crippen molar-refractivity contribution in [3.05, 3.63) is 57.6 Å². The van der Waals surface area contributed by atoms with Crippen molar-refractivity contribution in [2.24, 2.45) is 0 Å². The van der Waals surface area contributed by atoms with Crippen molar-refractivity contribution in [2.75, 3.05) is 20.8 Å². The van der Waals surface area contributed by atoms with E-state index in [0.717, 1.165) is 24.0 Å². The van der Waals surface area contributed by atoms with Crippen molar-refractivity contribution in [3.8, 4) is 11.5 Å². The summed E-state index contributed by atoms with van der Waals surface area (Å²) in [6, 6.07) is 9.79. The monoisotopic (exact) mass is 423 g/mol. The molecule has 0 aliphatic carbocycles. The summed E-state index contributed by atoms with van der Waals surface area (Å²) in [7, 11) is 3.19. The highest BCUT2D eigenvalue weighted by atomic mass is 35.5. The molecule has 1 aliphatic heterocycles. The molecule has 0 spiro atoms. The zero-order chi connectivity index (χ0) is 20.3. The topological polar surface area (TPSA) is 59.0 Å². The van der Waals surface area contributed by atoms with E-state index in [2.05, 4.69) is 0 Å². The van der Waals surface area contributed by atoms with Crippen molar-refractivity contribution in [1.29, 1.82) is 0 Å².